The van der Waals surface area contributed by atoms with E-state index in [0.29, 0.717) is 6.04 Å². The van der Waals surface area contributed by atoms with Crippen molar-refractivity contribution in [2.24, 2.45) is 5.92 Å². The number of carbonyl (C=O) groups is 1. The first-order valence-electron chi connectivity index (χ1n) is 7.29. The second-order valence-corrected chi connectivity index (χ2v) is 5.18. The predicted octanol–water partition coefficient (Wildman–Crippen LogP) is 2.46. The zero-order valence-corrected chi connectivity index (χ0v) is 11.4. The highest BCUT2D eigenvalue weighted by molar-refractivity contribution is 5.79. The maximum Gasteiger partial charge on any atom is 0.224 e. The third-order valence-electron chi connectivity index (χ3n) is 3.56. The lowest BCUT2D eigenvalue weighted by Gasteiger charge is -2.25. The number of carbonyl (C=O) groups excluding carboxylic acids is 1. The Labute approximate surface area is 106 Å². The minimum atomic E-state index is 0.199. The normalized spacial score (nSPS) is 22.1. The van der Waals surface area contributed by atoms with Crippen LogP contribution in [0.5, 0.6) is 0 Å². The monoisotopic (exact) mass is 240 g/mol. The highest BCUT2D eigenvalue weighted by Gasteiger charge is 2.22. The molecule has 2 N–H and O–H groups in total. The van der Waals surface area contributed by atoms with Gasteiger partial charge in [0.05, 0.1) is 5.92 Å². The Morgan fingerprint density at radius 3 is 2.76 bits per heavy atom. The molecule has 1 saturated heterocycles. The fraction of sp³-hybridized carbons (Fsp3) is 0.929. The van der Waals surface area contributed by atoms with Crippen LogP contribution in [0, 0.1) is 5.92 Å². The van der Waals surface area contributed by atoms with E-state index in [1.807, 2.05) is 0 Å². The van der Waals surface area contributed by atoms with Crippen molar-refractivity contribution in [1.29, 1.82) is 0 Å². The first-order chi connectivity index (χ1) is 8.27. The van der Waals surface area contributed by atoms with Crippen LogP contribution >= 0.6 is 0 Å². The summed E-state index contributed by atoms with van der Waals surface area (Å²) in [7, 11) is 0. The van der Waals surface area contributed by atoms with Crippen LogP contribution in [0.25, 0.3) is 0 Å². The van der Waals surface area contributed by atoms with E-state index in [4.69, 9.17) is 0 Å². The molecule has 1 unspecified atom stereocenters. The molecule has 1 aliphatic rings. The molecule has 0 aromatic heterocycles. The zero-order chi connectivity index (χ0) is 12.5. The largest absolute Gasteiger partial charge is 0.353 e. The third kappa shape index (κ3) is 5.53. The van der Waals surface area contributed by atoms with Crippen LogP contribution in [0.3, 0.4) is 0 Å². The van der Waals surface area contributed by atoms with Crippen LogP contribution in [0.15, 0.2) is 0 Å². The Morgan fingerprint density at radius 2 is 2.18 bits per heavy atom. The van der Waals surface area contributed by atoms with Crippen LogP contribution in [0.1, 0.15) is 58.8 Å². The second kappa shape index (κ2) is 8.51. The van der Waals surface area contributed by atoms with Gasteiger partial charge in [-0.1, -0.05) is 33.1 Å². The number of hydrogen-bond acceptors (Lipinski definition) is 2. The molecule has 0 aliphatic carbocycles. The third-order valence-corrected chi connectivity index (χ3v) is 3.56. The van der Waals surface area contributed by atoms with Crippen LogP contribution in [-0.4, -0.2) is 25.0 Å². The summed E-state index contributed by atoms with van der Waals surface area (Å²) in [6.07, 6.45) is 8.01. The van der Waals surface area contributed by atoms with Crippen molar-refractivity contribution in [2.75, 3.05) is 13.1 Å². The van der Waals surface area contributed by atoms with Gasteiger partial charge in [-0.05, 0) is 32.2 Å². The van der Waals surface area contributed by atoms with Crippen molar-refractivity contribution in [3.8, 4) is 0 Å². The van der Waals surface area contributed by atoms with E-state index in [2.05, 4.69) is 24.5 Å². The molecular weight excluding hydrogens is 212 g/mol. The molecule has 0 spiro atoms. The Morgan fingerprint density at radius 1 is 1.35 bits per heavy atom. The SMILES string of the molecule is CCCCC(CCC)NC(=O)[C@@H]1CCCNC1. The summed E-state index contributed by atoms with van der Waals surface area (Å²) >= 11 is 0. The van der Waals surface area contributed by atoms with E-state index in [1.54, 1.807) is 0 Å². The first kappa shape index (κ1) is 14.5. The van der Waals surface area contributed by atoms with Crippen LogP contribution in [0.4, 0.5) is 0 Å². The second-order valence-electron chi connectivity index (χ2n) is 5.18. The fourth-order valence-corrected chi connectivity index (χ4v) is 2.48. The average molecular weight is 240 g/mol. The molecule has 1 fully saturated rings. The molecule has 3 nitrogen and oxygen atoms in total. The maximum atomic E-state index is 12.1. The number of unbranched alkanes of at least 4 members (excludes halogenated alkanes) is 1. The van der Waals surface area contributed by atoms with Gasteiger partial charge < -0.3 is 10.6 Å². The van der Waals surface area contributed by atoms with Crippen molar-refractivity contribution in [3.63, 3.8) is 0 Å². The number of piperidine rings is 1. The fourth-order valence-electron chi connectivity index (χ4n) is 2.48. The molecule has 1 heterocycles. The standard InChI is InChI=1S/C14H28N2O/c1-3-5-9-13(7-4-2)16-14(17)12-8-6-10-15-11-12/h12-13,15H,3-11H2,1-2H3,(H,16,17)/t12-,13?/m1/s1. The lowest BCUT2D eigenvalue weighted by Crippen LogP contribution is -2.44. The molecule has 0 saturated carbocycles. The van der Waals surface area contributed by atoms with Gasteiger partial charge in [0.2, 0.25) is 5.91 Å². The van der Waals surface area contributed by atoms with E-state index in [-0.39, 0.29) is 11.8 Å². The summed E-state index contributed by atoms with van der Waals surface area (Å²) in [4.78, 5) is 12.1. The molecule has 100 valence electrons. The lowest BCUT2D eigenvalue weighted by molar-refractivity contribution is -0.126. The van der Waals surface area contributed by atoms with Crippen molar-refractivity contribution >= 4 is 5.91 Å². The maximum absolute atomic E-state index is 12.1. The molecule has 0 aromatic rings. The molecule has 2 atom stereocenters. The van der Waals surface area contributed by atoms with Crippen LogP contribution in [-0.2, 0) is 4.79 Å². The van der Waals surface area contributed by atoms with Crippen LogP contribution < -0.4 is 10.6 Å². The van der Waals surface area contributed by atoms with E-state index < -0.39 is 0 Å². The number of rotatable bonds is 7. The Bertz CT molecular complexity index is 212. The number of nitrogens with one attached hydrogen (secondary N) is 2. The lowest BCUT2D eigenvalue weighted by atomic mass is 9.97. The summed E-state index contributed by atoms with van der Waals surface area (Å²) in [5.41, 5.74) is 0. The summed E-state index contributed by atoms with van der Waals surface area (Å²) < 4.78 is 0. The number of hydrogen-bond donors (Lipinski definition) is 2. The quantitative estimate of drug-likeness (QED) is 0.718. The molecule has 17 heavy (non-hydrogen) atoms. The highest BCUT2D eigenvalue weighted by Crippen LogP contribution is 2.12. The minimum Gasteiger partial charge on any atom is -0.353 e. The van der Waals surface area contributed by atoms with E-state index in [0.717, 1.165) is 45.2 Å². The molecule has 3 heteroatoms. The van der Waals surface area contributed by atoms with Crippen molar-refractivity contribution in [3.05, 3.63) is 0 Å². The van der Waals surface area contributed by atoms with Gasteiger partial charge in [0.1, 0.15) is 0 Å². The minimum absolute atomic E-state index is 0.199. The van der Waals surface area contributed by atoms with Gasteiger partial charge >= 0.3 is 0 Å². The molecule has 0 radical (unpaired) electrons. The Hall–Kier alpha value is -0.570. The van der Waals surface area contributed by atoms with Gasteiger partial charge in [-0.3, -0.25) is 4.79 Å². The van der Waals surface area contributed by atoms with Gasteiger partial charge in [-0.25, -0.2) is 0 Å². The van der Waals surface area contributed by atoms with Crippen molar-refractivity contribution < 1.29 is 4.79 Å². The highest BCUT2D eigenvalue weighted by atomic mass is 16.2. The molecular formula is C14H28N2O. The molecule has 1 rings (SSSR count). The van der Waals surface area contributed by atoms with Crippen LogP contribution in [0.2, 0.25) is 0 Å². The zero-order valence-electron chi connectivity index (χ0n) is 11.4. The predicted molar refractivity (Wildman–Crippen MR) is 72.0 cm³/mol. The van der Waals surface area contributed by atoms with Crippen molar-refractivity contribution in [1.82, 2.24) is 10.6 Å². The topological polar surface area (TPSA) is 41.1 Å². The summed E-state index contributed by atoms with van der Waals surface area (Å²) in [6.45, 7) is 6.32. The Balaban J connectivity index is 2.33. The Kier molecular flexibility index (Phi) is 7.25. The summed E-state index contributed by atoms with van der Waals surface area (Å²) in [5.74, 6) is 0.469. The summed E-state index contributed by atoms with van der Waals surface area (Å²) in [6, 6.07) is 0.398. The van der Waals surface area contributed by atoms with Gasteiger partial charge in [0.15, 0.2) is 0 Å². The van der Waals surface area contributed by atoms with E-state index in [1.165, 1.54) is 12.8 Å². The average Bonchev–Trinajstić information content (AvgIpc) is 2.37. The van der Waals surface area contributed by atoms with Gasteiger partial charge in [-0.2, -0.15) is 0 Å². The molecule has 0 aromatic carbocycles. The van der Waals surface area contributed by atoms with E-state index in [9.17, 15) is 4.79 Å². The molecule has 0 bridgehead atoms. The smallest absolute Gasteiger partial charge is 0.224 e. The van der Waals surface area contributed by atoms with Gasteiger partial charge in [0.25, 0.3) is 0 Å². The molecule has 1 amide bonds. The van der Waals surface area contributed by atoms with E-state index >= 15 is 0 Å². The molecule has 1 aliphatic heterocycles. The summed E-state index contributed by atoms with van der Waals surface area (Å²) in [5, 5.41) is 6.55. The first-order valence-corrected chi connectivity index (χ1v) is 7.29. The number of amides is 1. The van der Waals surface area contributed by atoms with Gasteiger partial charge in [0, 0.05) is 12.6 Å². The van der Waals surface area contributed by atoms with Gasteiger partial charge in [-0.15, -0.1) is 0 Å². The van der Waals surface area contributed by atoms with Crippen molar-refractivity contribution in [2.45, 2.75) is 64.8 Å².